The monoisotopic (exact) mass is 442 g/mol. The molecule has 1 aromatic rings. The van der Waals surface area contributed by atoms with Gasteiger partial charge in [0.15, 0.2) is 17.8 Å². The van der Waals surface area contributed by atoms with Crippen LogP contribution >= 0.6 is 0 Å². The molecule has 0 aliphatic heterocycles. The van der Waals surface area contributed by atoms with Crippen molar-refractivity contribution in [3.63, 3.8) is 0 Å². The number of methoxy groups -OCH3 is 2. The first-order valence-electron chi connectivity index (χ1n) is 10.3. The predicted molar refractivity (Wildman–Crippen MR) is 122 cm³/mol. The minimum Gasteiger partial charge on any atom is -0.493 e. The Labute approximate surface area is 185 Å². The molecule has 0 aromatic heterocycles. The van der Waals surface area contributed by atoms with Crippen LogP contribution in [0.25, 0.3) is 5.70 Å². The zero-order valence-corrected chi connectivity index (χ0v) is 19.8. The lowest BCUT2D eigenvalue weighted by Crippen LogP contribution is -2.16. The van der Waals surface area contributed by atoms with Crippen molar-refractivity contribution >= 4 is 12.0 Å². The van der Waals surface area contributed by atoms with Gasteiger partial charge in [-0.3, -0.25) is 10.1 Å². The molecule has 0 fully saturated rings. The van der Waals surface area contributed by atoms with Crippen LogP contribution in [0.2, 0.25) is 0 Å². The Morgan fingerprint density at radius 2 is 1.61 bits per heavy atom. The van der Waals surface area contributed by atoms with Crippen molar-refractivity contribution in [2.75, 3.05) is 34.0 Å². The van der Waals surface area contributed by atoms with E-state index in [9.17, 15) is 14.9 Å². The lowest BCUT2D eigenvalue weighted by atomic mass is 10.1. The van der Waals surface area contributed by atoms with Crippen molar-refractivity contribution in [1.82, 2.24) is 5.32 Å². The standard InChI is InChI=1S/C12H14N2O5.C6H14O2.C4H10/c1-18-11-4-3-9(7-12(11)19-2)10(8-14(16)17)13-5-6-15;1-4-7-6(3)8-5-2;1-3-4-2/h3-4,6-8,13H,5H2,1-2H3;6H,4-5H2,1-3H3;3-4H2,1-2H3/b10-8+;;. The zero-order valence-electron chi connectivity index (χ0n) is 19.8. The molecule has 9 heteroatoms. The van der Waals surface area contributed by atoms with Gasteiger partial charge in [-0.05, 0) is 39.0 Å². The highest BCUT2D eigenvalue weighted by atomic mass is 16.7. The molecular formula is C22H38N2O7. The third-order valence-corrected chi connectivity index (χ3v) is 3.61. The summed E-state index contributed by atoms with van der Waals surface area (Å²) in [4.78, 5) is 20.3. The molecule has 0 aliphatic rings. The summed E-state index contributed by atoms with van der Waals surface area (Å²) in [6, 6.07) is 4.85. The Morgan fingerprint density at radius 3 is 2.00 bits per heavy atom. The van der Waals surface area contributed by atoms with E-state index in [-0.39, 0.29) is 18.5 Å². The molecule has 0 unspecified atom stereocenters. The fourth-order valence-corrected chi connectivity index (χ4v) is 2.00. The summed E-state index contributed by atoms with van der Waals surface area (Å²) in [6.07, 6.45) is 4.02. The largest absolute Gasteiger partial charge is 0.493 e. The number of rotatable bonds is 12. The van der Waals surface area contributed by atoms with E-state index in [4.69, 9.17) is 18.9 Å². The van der Waals surface area contributed by atoms with E-state index in [1.54, 1.807) is 18.2 Å². The number of nitrogens with one attached hydrogen (secondary N) is 1. The molecule has 0 amide bonds. The van der Waals surface area contributed by atoms with E-state index in [0.717, 1.165) is 19.4 Å². The van der Waals surface area contributed by atoms with Crippen LogP contribution in [-0.2, 0) is 14.3 Å². The third-order valence-electron chi connectivity index (χ3n) is 3.61. The molecule has 1 rings (SSSR count). The van der Waals surface area contributed by atoms with Gasteiger partial charge in [0.25, 0.3) is 6.20 Å². The van der Waals surface area contributed by atoms with Crippen LogP contribution < -0.4 is 14.8 Å². The number of ether oxygens (including phenoxy) is 4. The van der Waals surface area contributed by atoms with Crippen LogP contribution in [0.4, 0.5) is 0 Å². The van der Waals surface area contributed by atoms with E-state index in [0.29, 0.717) is 23.3 Å². The quantitative estimate of drug-likeness (QED) is 0.221. The van der Waals surface area contributed by atoms with Crippen molar-refractivity contribution in [2.45, 2.75) is 53.8 Å². The van der Waals surface area contributed by atoms with Gasteiger partial charge in [0, 0.05) is 18.8 Å². The van der Waals surface area contributed by atoms with Gasteiger partial charge in [0.05, 0.1) is 25.7 Å². The fourth-order valence-electron chi connectivity index (χ4n) is 2.00. The van der Waals surface area contributed by atoms with Crippen LogP contribution in [0, 0.1) is 10.1 Å². The minimum atomic E-state index is -0.593. The maximum atomic E-state index is 10.6. The molecule has 31 heavy (non-hydrogen) atoms. The SMILES string of the molecule is CCCC.CCOC(C)OCC.COc1ccc(/C(=C\[N+](=O)[O-])NCC=O)cc1OC. The number of hydrogen-bond donors (Lipinski definition) is 1. The topological polar surface area (TPSA) is 109 Å². The van der Waals surface area contributed by atoms with Gasteiger partial charge in [-0.1, -0.05) is 26.7 Å². The number of carbonyl (C=O) groups excluding carboxylic acids is 1. The fraction of sp³-hybridized carbons (Fsp3) is 0.591. The first kappa shape index (κ1) is 30.5. The highest BCUT2D eigenvalue weighted by molar-refractivity contribution is 5.68. The number of benzene rings is 1. The van der Waals surface area contributed by atoms with Crippen molar-refractivity contribution in [1.29, 1.82) is 0 Å². The van der Waals surface area contributed by atoms with Crippen molar-refractivity contribution in [2.24, 2.45) is 0 Å². The Bertz CT molecular complexity index is 628. The third kappa shape index (κ3) is 15.8. The van der Waals surface area contributed by atoms with E-state index in [1.807, 2.05) is 20.8 Å². The molecule has 0 saturated carbocycles. The van der Waals surface area contributed by atoms with Gasteiger partial charge < -0.3 is 29.1 Å². The number of nitro groups is 1. The number of carbonyl (C=O) groups is 1. The summed E-state index contributed by atoms with van der Waals surface area (Å²) >= 11 is 0. The van der Waals surface area contributed by atoms with E-state index >= 15 is 0 Å². The molecule has 0 atom stereocenters. The minimum absolute atomic E-state index is 0.0198. The first-order valence-corrected chi connectivity index (χ1v) is 10.3. The molecule has 0 aliphatic carbocycles. The maximum Gasteiger partial charge on any atom is 0.258 e. The Kier molecular flexibility index (Phi) is 20.3. The summed E-state index contributed by atoms with van der Waals surface area (Å²) in [5.74, 6) is 0.962. The summed E-state index contributed by atoms with van der Waals surface area (Å²) in [5, 5.41) is 13.2. The zero-order chi connectivity index (χ0) is 24.1. The molecule has 1 N–H and O–H groups in total. The van der Waals surface area contributed by atoms with Gasteiger partial charge in [-0.2, -0.15) is 0 Å². The predicted octanol–water partition coefficient (Wildman–Crippen LogP) is 4.28. The molecular weight excluding hydrogens is 404 g/mol. The molecule has 9 nitrogen and oxygen atoms in total. The lowest BCUT2D eigenvalue weighted by molar-refractivity contribution is -0.401. The second-order valence-corrected chi connectivity index (χ2v) is 5.92. The van der Waals surface area contributed by atoms with Gasteiger partial charge in [-0.25, -0.2) is 0 Å². The molecule has 0 bridgehead atoms. The number of hydrogen-bond acceptors (Lipinski definition) is 8. The second-order valence-electron chi connectivity index (χ2n) is 5.92. The molecule has 178 valence electrons. The van der Waals surface area contributed by atoms with Gasteiger partial charge in [0.2, 0.25) is 0 Å². The average Bonchev–Trinajstić information content (AvgIpc) is 2.76. The van der Waals surface area contributed by atoms with Crippen LogP contribution in [0.3, 0.4) is 0 Å². The number of aldehydes is 1. The van der Waals surface area contributed by atoms with E-state index in [1.165, 1.54) is 27.1 Å². The highest BCUT2D eigenvalue weighted by Crippen LogP contribution is 2.29. The van der Waals surface area contributed by atoms with Crippen molar-refractivity contribution in [3.05, 3.63) is 40.1 Å². The van der Waals surface area contributed by atoms with Gasteiger partial charge in [0.1, 0.15) is 12.0 Å². The molecule has 0 heterocycles. The summed E-state index contributed by atoms with van der Waals surface area (Å²) in [7, 11) is 2.97. The average molecular weight is 443 g/mol. The first-order chi connectivity index (χ1) is 14.8. The molecule has 0 radical (unpaired) electrons. The Morgan fingerprint density at radius 1 is 1.06 bits per heavy atom. The van der Waals surface area contributed by atoms with Crippen molar-refractivity contribution in [3.8, 4) is 11.5 Å². The number of unbranched alkanes of at least 4 members (excludes halogenated alkanes) is 1. The lowest BCUT2D eigenvalue weighted by Gasteiger charge is -2.11. The summed E-state index contributed by atoms with van der Waals surface area (Å²) in [6.45, 7) is 11.6. The molecule has 0 saturated heterocycles. The van der Waals surface area contributed by atoms with Crippen LogP contribution in [0.5, 0.6) is 11.5 Å². The normalized spacial score (nSPS) is 10.3. The van der Waals surface area contributed by atoms with Gasteiger partial charge in [-0.15, -0.1) is 0 Å². The Balaban J connectivity index is 0. The van der Waals surface area contributed by atoms with Crippen molar-refractivity contribution < 1.29 is 28.7 Å². The summed E-state index contributed by atoms with van der Waals surface area (Å²) < 4.78 is 20.3. The van der Waals surface area contributed by atoms with E-state index in [2.05, 4.69) is 19.2 Å². The van der Waals surface area contributed by atoms with Crippen LogP contribution in [0.15, 0.2) is 24.4 Å². The highest BCUT2D eigenvalue weighted by Gasteiger charge is 2.10. The van der Waals surface area contributed by atoms with Crippen LogP contribution in [-0.4, -0.2) is 51.5 Å². The smallest absolute Gasteiger partial charge is 0.258 e. The number of nitrogens with zero attached hydrogens (tertiary/aromatic N) is 1. The molecule has 1 aromatic carbocycles. The van der Waals surface area contributed by atoms with Gasteiger partial charge >= 0.3 is 0 Å². The summed E-state index contributed by atoms with van der Waals surface area (Å²) in [5.41, 5.74) is 0.745. The maximum absolute atomic E-state index is 10.6. The van der Waals surface area contributed by atoms with E-state index < -0.39 is 4.92 Å². The van der Waals surface area contributed by atoms with Crippen LogP contribution in [0.1, 0.15) is 53.0 Å². The Hall–Kier alpha value is -2.65. The molecule has 0 spiro atoms. The second kappa shape index (κ2) is 20.6.